The van der Waals surface area contributed by atoms with E-state index in [2.05, 4.69) is 15.3 Å². The third kappa shape index (κ3) is 4.57. The van der Waals surface area contributed by atoms with E-state index < -0.39 is 17.4 Å². The lowest BCUT2D eigenvalue weighted by Gasteiger charge is -2.24. The number of hydrogen-bond donors (Lipinski definition) is 3. The van der Waals surface area contributed by atoms with Crippen molar-refractivity contribution in [2.75, 3.05) is 11.9 Å². The van der Waals surface area contributed by atoms with Crippen LogP contribution in [-0.2, 0) is 13.6 Å². The number of hydrogen-bond acceptors (Lipinski definition) is 6. The van der Waals surface area contributed by atoms with Crippen molar-refractivity contribution in [3.8, 4) is 5.75 Å². The second-order valence-electron chi connectivity index (χ2n) is 8.73. The van der Waals surface area contributed by atoms with Gasteiger partial charge in [0, 0.05) is 13.1 Å². The van der Waals surface area contributed by atoms with Gasteiger partial charge in [0.2, 0.25) is 5.95 Å². The maximum atomic E-state index is 12.6. The highest BCUT2D eigenvalue weighted by Crippen LogP contribution is 2.24. The third-order valence-corrected chi connectivity index (χ3v) is 6.26. The number of ether oxygens (including phenoxy) is 1. The molecule has 3 N–H and O–H groups in total. The zero-order valence-corrected chi connectivity index (χ0v) is 18.9. The second kappa shape index (κ2) is 9.20. The molecule has 0 radical (unpaired) electrons. The molecule has 1 unspecified atom stereocenters. The topological polar surface area (TPSA) is 114 Å². The molecule has 1 saturated carbocycles. The number of H-pyrrole nitrogens is 1. The number of aromatic nitrogens is 4. The summed E-state index contributed by atoms with van der Waals surface area (Å²) in [6, 6.07) is 6.04. The van der Waals surface area contributed by atoms with Crippen LogP contribution < -0.4 is 21.3 Å². The highest BCUT2D eigenvalue weighted by Gasteiger charge is 2.22. The van der Waals surface area contributed by atoms with Gasteiger partial charge >= 0.3 is 5.69 Å². The maximum Gasteiger partial charge on any atom is 0.329 e. The molecular formula is C23H31N5O4. The van der Waals surface area contributed by atoms with Crippen molar-refractivity contribution >= 4 is 17.1 Å². The van der Waals surface area contributed by atoms with Crippen LogP contribution in [0.3, 0.4) is 0 Å². The Labute approximate surface area is 186 Å². The molecule has 4 rings (SSSR count). The number of aliphatic hydroxyl groups is 1. The first kappa shape index (κ1) is 22.1. The number of nitrogens with one attached hydrogen (secondary N) is 2. The fraction of sp³-hybridized carbons (Fsp3) is 0.522. The van der Waals surface area contributed by atoms with E-state index in [1.165, 1.54) is 16.6 Å². The molecule has 1 fully saturated rings. The Bertz CT molecular complexity index is 1220. The summed E-state index contributed by atoms with van der Waals surface area (Å²) >= 11 is 0. The molecule has 1 atom stereocenters. The molecule has 2 aromatic heterocycles. The van der Waals surface area contributed by atoms with Crippen molar-refractivity contribution in [3.05, 3.63) is 50.2 Å². The summed E-state index contributed by atoms with van der Waals surface area (Å²) in [5, 5.41) is 14.2. The predicted octanol–water partition coefficient (Wildman–Crippen LogP) is 2.22. The van der Waals surface area contributed by atoms with Crippen molar-refractivity contribution in [3.63, 3.8) is 0 Å². The number of aliphatic hydroxyl groups excluding tert-OH is 1. The molecular weight excluding hydrogens is 410 g/mol. The summed E-state index contributed by atoms with van der Waals surface area (Å²) in [6.07, 6.45) is 4.68. The average Bonchev–Trinajstić information content (AvgIpc) is 3.12. The second-order valence-corrected chi connectivity index (χ2v) is 8.73. The molecule has 0 saturated heterocycles. The lowest BCUT2D eigenvalue weighted by Crippen LogP contribution is -2.31. The fourth-order valence-electron chi connectivity index (χ4n) is 4.21. The summed E-state index contributed by atoms with van der Waals surface area (Å²) in [4.78, 5) is 31.6. The Balaban J connectivity index is 1.60. The lowest BCUT2D eigenvalue weighted by atomic mass is 9.96. The first-order chi connectivity index (χ1) is 15.3. The van der Waals surface area contributed by atoms with E-state index in [1.54, 1.807) is 11.6 Å². The number of anilines is 1. The van der Waals surface area contributed by atoms with Gasteiger partial charge in [0.1, 0.15) is 18.5 Å². The van der Waals surface area contributed by atoms with Gasteiger partial charge in [-0.05, 0) is 49.9 Å². The van der Waals surface area contributed by atoms with Crippen molar-refractivity contribution in [2.24, 2.45) is 7.05 Å². The van der Waals surface area contributed by atoms with Crippen molar-refractivity contribution in [1.82, 2.24) is 19.1 Å². The molecule has 1 aliphatic carbocycles. The van der Waals surface area contributed by atoms with Crippen LogP contribution in [0.25, 0.3) is 11.2 Å². The van der Waals surface area contributed by atoms with E-state index in [1.807, 2.05) is 32.0 Å². The van der Waals surface area contributed by atoms with E-state index in [9.17, 15) is 14.7 Å². The molecule has 0 aliphatic heterocycles. The van der Waals surface area contributed by atoms with Crippen molar-refractivity contribution in [2.45, 2.75) is 64.6 Å². The summed E-state index contributed by atoms with van der Waals surface area (Å²) in [5.74, 6) is 1.17. The molecule has 2 heterocycles. The average molecular weight is 442 g/mol. The number of benzene rings is 1. The summed E-state index contributed by atoms with van der Waals surface area (Å²) in [6.45, 7) is 4.21. The predicted molar refractivity (Wildman–Crippen MR) is 124 cm³/mol. The summed E-state index contributed by atoms with van der Waals surface area (Å²) in [5.41, 5.74) is 1.80. The standard InChI is InChI=1S/C23H31N5O4/c1-14-9-10-18(11-15(14)2)32-13-17(29)12-28-19-20(27(3)23(31)26-21(19)30)25-22(28)24-16-7-5-4-6-8-16/h9-11,16-17,29H,4-8,12-13H2,1-3H3,(H,24,25)(H,26,30,31). The number of rotatable bonds is 7. The normalized spacial score (nSPS) is 15.8. The van der Waals surface area contributed by atoms with Crippen LogP contribution in [0.1, 0.15) is 43.2 Å². The van der Waals surface area contributed by atoms with Gasteiger partial charge in [0.15, 0.2) is 11.2 Å². The molecule has 172 valence electrons. The van der Waals surface area contributed by atoms with Crippen LogP contribution in [0.15, 0.2) is 27.8 Å². The zero-order chi connectivity index (χ0) is 22.8. The largest absolute Gasteiger partial charge is 0.491 e. The minimum atomic E-state index is -0.877. The summed E-state index contributed by atoms with van der Waals surface area (Å²) in [7, 11) is 1.57. The number of aryl methyl sites for hydroxylation is 3. The van der Waals surface area contributed by atoms with Crippen molar-refractivity contribution in [1.29, 1.82) is 0 Å². The Morgan fingerprint density at radius 1 is 1.22 bits per heavy atom. The molecule has 0 amide bonds. The smallest absolute Gasteiger partial charge is 0.329 e. The van der Waals surface area contributed by atoms with Crippen LogP contribution in [0.4, 0.5) is 5.95 Å². The molecule has 32 heavy (non-hydrogen) atoms. The van der Waals surface area contributed by atoms with E-state index in [0.717, 1.165) is 31.2 Å². The van der Waals surface area contributed by atoms with E-state index in [-0.39, 0.29) is 24.7 Å². The lowest BCUT2D eigenvalue weighted by molar-refractivity contribution is 0.0937. The first-order valence-corrected chi connectivity index (χ1v) is 11.2. The Hall–Kier alpha value is -3.07. The Morgan fingerprint density at radius 3 is 2.69 bits per heavy atom. The van der Waals surface area contributed by atoms with Gasteiger partial charge in [-0.3, -0.25) is 14.3 Å². The molecule has 1 aliphatic rings. The summed E-state index contributed by atoms with van der Waals surface area (Å²) < 4.78 is 8.76. The van der Waals surface area contributed by atoms with Gasteiger partial charge in [-0.15, -0.1) is 0 Å². The Kier molecular flexibility index (Phi) is 6.36. The van der Waals surface area contributed by atoms with Gasteiger partial charge in [0.25, 0.3) is 5.56 Å². The van der Waals surface area contributed by atoms with Crippen LogP contribution in [0.5, 0.6) is 5.75 Å². The molecule has 9 heteroatoms. The molecule has 0 spiro atoms. The highest BCUT2D eigenvalue weighted by molar-refractivity contribution is 5.74. The molecule has 3 aromatic rings. The van der Waals surface area contributed by atoms with Gasteiger partial charge in [-0.1, -0.05) is 25.3 Å². The van der Waals surface area contributed by atoms with Gasteiger partial charge in [0.05, 0.1) is 6.54 Å². The van der Waals surface area contributed by atoms with Crippen molar-refractivity contribution < 1.29 is 9.84 Å². The molecule has 1 aromatic carbocycles. The number of imidazole rings is 1. The van der Waals surface area contributed by atoms with Crippen LogP contribution in [0.2, 0.25) is 0 Å². The van der Waals surface area contributed by atoms with Crippen LogP contribution in [-0.4, -0.2) is 43.0 Å². The van der Waals surface area contributed by atoms with E-state index >= 15 is 0 Å². The SMILES string of the molecule is Cc1ccc(OCC(O)Cn2c(NC3CCCCC3)nc3c2c(=O)[nH]c(=O)n3C)cc1C. The first-order valence-electron chi connectivity index (χ1n) is 11.2. The van der Waals surface area contributed by atoms with E-state index in [4.69, 9.17) is 4.74 Å². The minimum Gasteiger partial charge on any atom is -0.491 e. The zero-order valence-electron chi connectivity index (χ0n) is 18.9. The molecule has 0 bridgehead atoms. The quantitative estimate of drug-likeness (QED) is 0.518. The van der Waals surface area contributed by atoms with Gasteiger partial charge < -0.3 is 19.7 Å². The van der Waals surface area contributed by atoms with Gasteiger partial charge in [-0.2, -0.15) is 4.98 Å². The van der Waals surface area contributed by atoms with Crippen LogP contribution in [0, 0.1) is 13.8 Å². The maximum absolute atomic E-state index is 12.6. The number of fused-ring (bicyclic) bond motifs is 1. The highest BCUT2D eigenvalue weighted by atomic mass is 16.5. The van der Waals surface area contributed by atoms with E-state index in [0.29, 0.717) is 17.3 Å². The monoisotopic (exact) mass is 441 g/mol. The minimum absolute atomic E-state index is 0.0642. The number of nitrogens with zero attached hydrogens (tertiary/aromatic N) is 3. The fourth-order valence-corrected chi connectivity index (χ4v) is 4.21. The third-order valence-electron chi connectivity index (χ3n) is 6.26. The Morgan fingerprint density at radius 2 is 1.97 bits per heavy atom. The van der Waals surface area contributed by atoms with Gasteiger partial charge in [-0.25, -0.2) is 4.79 Å². The molecule has 9 nitrogen and oxygen atoms in total. The number of aromatic amines is 1. The van der Waals surface area contributed by atoms with Crippen LogP contribution >= 0.6 is 0 Å².